The third-order valence-corrected chi connectivity index (χ3v) is 4.37. The first-order valence-corrected chi connectivity index (χ1v) is 11.4. The molecule has 8 nitrogen and oxygen atoms in total. The molecule has 0 aliphatic heterocycles. The summed E-state index contributed by atoms with van der Waals surface area (Å²) in [6, 6.07) is 3.90. The molecule has 0 saturated heterocycles. The topological polar surface area (TPSA) is 106 Å². The van der Waals surface area contributed by atoms with Crippen LogP contribution in [0.25, 0.3) is 0 Å². The number of rotatable bonds is 9. The largest absolute Gasteiger partial charge is 0.444 e. The molecule has 0 aliphatic rings. The van der Waals surface area contributed by atoms with Gasteiger partial charge in [-0.1, -0.05) is 18.2 Å². The molecular weight excluding hydrogens is 467 g/mol. The molecule has 0 radical (unpaired) electrons. The predicted molar refractivity (Wildman–Crippen MR) is 125 cm³/mol. The molecule has 198 valence electrons. The Hall–Kier alpha value is -2.98. The van der Waals surface area contributed by atoms with Gasteiger partial charge >= 0.3 is 18.4 Å². The van der Waals surface area contributed by atoms with Crippen molar-refractivity contribution in [3.05, 3.63) is 35.4 Å². The first-order chi connectivity index (χ1) is 16.0. The number of benzene rings is 1. The molecule has 0 bridgehead atoms. The van der Waals surface area contributed by atoms with Crippen molar-refractivity contribution < 1.29 is 37.0 Å². The van der Waals surface area contributed by atoms with Crippen molar-refractivity contribution in [3.8, 4) is 0 Å². The summed E-state index contributed by atoms with van der Waals surface area (Å²) < 4.78 is 50.0. The van der Waals surface area contributed by atoms with Gasteiger partial charge in [0, 0.05) is 13.1 Å². The van der Waals surface area contributed by atoms with Gasteiger partial charge in [-0.05, 0) is 72.4 Å². The van der Waals surface area contributed by atoms with Crippen molar-refractivity contribution in [2.24, 2.45) is 0 Å². The summed E-state index contributed by atoms with van der Waals surface area (Å²) in [4.78, 5) is 36.7. The van der Waals surface area contributed by atoms with Crippen LogP contribution in [0.1, 0.15) is 71.9 Å². The number of alkyl halides is 3. The Morgan fingerprint density at radius 1 is 0.857 bits per heavy atom. The minimum absolute atomic E-state index is 0.0917. The average Bonchev–Trinajstić information content (AvgIpc) is 2.67. The smallest absolute Gasteiger partial charge is 0.416 e. The molecule has 0 unspecified atom stereocenters. The lowest BCUT2D eigenvalue weighted by atomic mass is 10.1. The molecule has 0 aromatic heterocycles. The predicted octanol–water partition coefficient (Wildman–Crippen LogP) is 4.91. The number of nitrogens with one attached hydrogen (secondary N) is 3. The van der Waals surface area contributed by atoms with E-state index in [1.165, 1.54) is 18.2 Å². The van der Waals surface area contributed by atoms with Gasteiger partial charge < -0.3 is 25.4 Å². The minimum Gasteiger partial charge on any atom is -0.444 e. The fraction of sp³-hybridized carbons (Fsp3) is 0.625. The summed E-state index contributed by atoms with van der Waals surface area (Å²) in [7, 11) is 0. The van der Waals surface area contributed by atoms with E-state index in [9.17, 15) is 27.6 Å². The normalized spacial score (nSPS) is 12.9. The summed E-state index contributed by atoms with van der Waals surface area (Å²) in [5, 5.41) is 7.54. The van der Waals surface area contributed by atoms with Crippen LogP contribution in [0.2, 0.25) is 0 Å². The molecule has 0 heterocycles. The highest BCUT2D eigenvalue weighted by atomic mass is 19.4. The Morgan fingerprint density at radius 3 is 2.00 bits per heavy atom. The number of ether oxygens (including phenoxy) is 2. The van der Waals surface area contributed by atoms with Gasteiger partial charge in [-0.15, -0.1) is 0 Å². The molecule has 11 heteroatoms. The average molecular weight is 504 g/mol. The van der Waals surface area contributed by atoms with Gasteiger partial charge in [-0.25, -0.2) is 9.59 Å². The second kappa shape index (κ2) is 12.6. The lowest BCUT2D eigenvalue weighted by molar-refractivity contribution is -0.138. The number of carbonyl (C=O) groups excluding carboxylic acids is 3. The fourth-order valence-electron chi connectivity index (χ4n) is 2.95. The first-order valence-electron chi connectivity index (χ1n) is 11.4. The van der Waals surface area contributed by atoms with Gasteiger partial charge in [0.2, 0.25) is 5.91 Å². The third-order valence-electron chi connectivity index (χ3n) is 4.37. The minimum atomic E-state index is -4.56. The van der Waals surface area contributed by atoms with Crippen LogP contribution in [0.15, 0.2) is 24.3 Å². The number of alkyl carbamates (subject to hydrolysis) is 2. The molecule has 0 saturated carbocycles. The van der Waals surface area contributed by atoms with Crippen LogP contribution < -0.4 is 16.0 Å². The number of hydrogen-bond acceptors (Lipinski definition) is 5. The molecule has 0 fully saturated rings. The maximum absolute atomic E-state index is 13.2. The quantitative estimate of drug-likeness (QED) is 0.415. The first kappa shape index (κ1) is 30.1. The zero-order valence-electron chi connectivity index (χ0n) is 21.1. The van der Waals surface area contributed by atoms with Gasteiger partial charge in [0.05, 0.1) is 5.56 Å². The number of amides is 3. The van der Waals surface area contributed by atoms with Crippen molar-refractivity contribution in [1.82, 2.24) is 16.0 Å². The van der Waals surface area contributed by atoms with E-state index < -0.39 is 47.1 Å². The lowest BCUT2D eigenvalue weighted by Gasteiger charge is -2.23. The highest BCUT2D eigenvalue weighted by Crippen LogP contribution is 2.31. The molecule has 1 aromatic carbocycles. The van der Waals surface area contributed by atoms with Crippen LogP contribution in [0.4, 0.5) is 22.8 Å². The summed E-state index contributed by atoms with van der Waals surface area (Å²) in [5.74, 6) is -0.645. The highest BCUT2D eigenvalue weighted by molar-refractivity contribution is 5.85. The Morgan fingerprint density at radius 2 is 1.43 bits per heavy atom. The highest BCUT2D eigenvalue weighted by Gasteiger charge is 2.33. The summed E-state index contributed by atoms with van der Waals surface area (Å²) >= 11 is 0. The van der Waals surface area contributed by atoms with Gasteiger partial charge in [0.15, 0.2) is 0 Å². The van der Waals surface area contributed by atoms with Crippen LogP contribution in [-0.4, -0.2) is 41.9 Å². The SMILES string of the molecule is CC(C)(C)OC(=O)NCCCC[C@H](NC(=O)OC(C)(C)C)C(=O)NCc1ccccc1C(F)(F)F. The monoisotopic (exact) mass is 503 g/mol. The molecule has 3 amide bonds. The van der Waals surface area contributed by atoms with E-state index in [0.29, 0.717) is 12.8 Å². The zero-order chi connectivity index (χ0) is 26.9. The van der Waals surface area contributed by atoms with E-state index in [1.807, 2.05) is 0 Å². The standard InChI is InChI=1S/C24H36F3N3O5/c1-22(2,3)34-20(32)28-14-10-9-13-18(30-21(33)35-23(4,5)6)19(31)29-15-16-11-7-8-12-17(16)24(25,26)27/h7-8,11-12,18H,9-10,13-15H2,1-6H3,(H,28,32)(H,29,31)(H,30,33)/t18-/m0/s1. The van der Waals surface area contributed by atoms with Crippen molar-refractivity contribution >= 4 is 18.1 Å². The maximum atomic E-state index is 13.2. The fourth-order valence-corrected chi connectivity index (χ4v) is 2.95. The van der Waals surface area contributed by atoms with Gasteiger partial charge in [-0.2, -0.15) is 13.2 Å². The van der Waals surface area contributed by atoms with E-state index in [2.05, 4.69) is 16.0 Å². The molecule has 3 N–H and O–H groups in total. The lowest BCUT2D eigenvalue weighted by Crippen LogP contribution is -2.48. The Labute approximate surface area is 204 Å². The second-order valence-electron chi connectivity index (χ2n) is 10.00. The Kier molecular flexibility index (Phi) is 10.9. The van der Waals surface area contributed by atoms with Crippen LogP contribution in [0.5, 0.6) is 0 Å². The van der Waals surface area contributed by atoms with Crippen LogP contribution >= 0.6 is 0 Å². The second-order valence-corrected chi connectivity index (χ2v) is 10.00. The molecular formula is C24H36F3N3O5. The van der Waals surface area contributed by atoms with E-state index in [1.54, 1.807) is 41.5 Å². The summed E-state index contributed by atoms with van der Waals surface area (Å²) in [5.41, 5.74) is -2.36. The van der Waals surface area contributed by atoms with E-state index in [0.717, 1.165) is 6.07 Å². The van der Waals surface area contributed by atoms with Crippen molar-refractivity contribution in [2.45, 2.75) is 90.8 Å². The number of hydrogen-bond donors (Lipinski definition) is 3. The van der Waals surface area contributed by atoms with Crippen LogP contribution in [-0.2, 0) is 27.0 Å². The number of halogens is 3. The van der Waals surface area contributed by atoms with Gasteiger partial charge in [0.1, 0.15) is 17.2 Å². The van der Waals surface area contributed by atoms with E-state index in [-0.39, 0.29) is 25.1 Å². The Balaban J connectivity index is 2.73. The van der Waals surface area contributed by atoms with Crippen molar-refractivity contribution in [2.75, 3.05) is 6.54 Å². The van der Waals surface area contributed by atoms with Crippen molar-refractivity contribution in [1.29, 1.82) is 0 Å². The molecule has 35 heavy (non-hydrogen) atoms. The zero-order valence-corrected chi connectivity index (χ0v) is 21.1. The summed E-state index contributed by atoms with van der Waals surface area (Å²) in [6.45, 7) is 10.1. The third kappa shape index (κ3) is 12.9. The number of unbranched alkanes of at least 4 members (excludes halogenated alkanes) is 1. The molecule has 0 aliphatic carbocycles. The van der Waals surface area contributed by atoms with Gasteiger partial charge in [0.25, 0.3) is 0 Å². The molecule has 1 rings (SSSR count). The van der Waals surface area contributed by atoms with Crippen LogP contribution in [0.3, 0.4) is 0 Å². The summed E-state index contributed by atoms with van der Waals surface area (Å²) in [6.07, 6.45) is -4.85. The maximum Gasteiger partial charge on any atom is 0.416 e. The van der Waals surface area contributed by atoms with E-state index in [4.69, 9.17) is 9.47 Å². The number of carbonyl (C=O) groups is 3. The molecule has 1 atom stereocenters. The molecule has 0 spiro atoms. The molecule has 1 aromatic rings. The van der Waals surface area contributed by atoms with E-state index >= 15 is 0 Å². The Bertz CT molecular complexity index is 861. The van der Waals surface area contributed by atoms with Crippen molar-refractivity contribution in [3.63, 3.8) is 0 Å². The van der Waals surface area contributed by atoms with Gasteiger partial charge in [-0.3, -0.25) is 4.79 Å². The van der Waals surface area contributed by atoms with Crippen LogP contribution in [0, 0.1) is 0 Å².